The number of likely N-dealkylation sites (N-methyl/N-ethyl adjacent to an activating group) is 1. The topological polar surface area (TPSA) is 67.6 Å². The average molecular weight is 283 g/mol. The van der Waals surface area contributed by atoms with E-state index in [1.54, 1.807) is 7.11 Å². The zero-order valence-corrected chi connectivity index (χ0v) is 12.0. The van der Waals surface area contributed by atoms with Gasteiger partial charge in [0.2, 0.25) is 5.91 Å². The highest BCUT2D eigenvalue weighted by molar-refractivity contribution is 5.93. The second-order valence-corrected chi connectivity index (χ2v) is 4.46. The summed E-state index contributed by atoms with van der Waals surface area (Å²) in [6, 6.07) is 3.92. The Morgan fingerprint density at radius 2 is 2.20 bits per heavy atom. The van der Waals surface area contributed by atoms with Crippen LogP contribution in [0.1, 0.15) is 13.3 Å². The molecule has 3 N–H and O–H groups in total. The Balaban J connectivity index is 2.43. The van der Waals surface area contributed by atoms with E-state index >= 15 is 0 Å². The molecule has 6 heteroatoms. The molecule has 0 saturated carbocycles. The zero-order valence-electron chi connectivity index (χ0n) is 12.0. The number of hydrogen-bond donors (Lipinski definition) is 2. The maximum Gasteiger partial charge on any atom is 0.225 e. The summed E-state index contributed by atoms with van der Waals surface area (Å²) >= 11 is 0. The van der Waals surface area contributed by atoms with E-state index in [4.69, 9.17) is 10.5 Å². The van der Waals surface area contributed by atoms with Crippen molar-refractivity contribution in [2.75, 3.05) is 44.4 Å². The molecule has 0 bridgehead atoms. The summed E-state index contributed by atoms with van der Waals surface area (Å²) in [5, 5.41) is 2.68. The molecule has 112 valence electrons. The smallest absolute Gasteiger partial charge is 0.225 e. The monoisotopic (exact) mass is 283 g/mol. The molecule has 0 aliphatic carbocycles. The molecule has 0 fully saturated rings. The summed E-state index contributed by atoms with van der Waals surface area (Å²) in [6.07, 6.45) is 0.356. The highest BCUT2D eigenvalue weighted by Gasteiger charge is 2.09. The van der Waals surface area contributed by atoms with Crippen LogP contribution in [0.15, 0.2) is 18.2 Å². The number of ether oxygens (including phenoxy) is 1. The molecule has 5 nitrogen and oxygen atoms in total. The van der Waals surface area contributed by atoms with E-state index in [-0.39, 0.29) is 11.6 Å². The summed E-state index contributed by atoms with van der Waals surface area (Å²) in [7, 11) is 1.65. The first-order valence-electron chi connectivity index (χ1n) is 6.63. The largest absolute Gasteiger partial charge is 0.397 e. The van der Waals surface area contributed by atoms with Gasteiger partial charge in [-0.3, -0.25) is 4.79 Å². The first-order valence-corrected chi connectivity index (χ1v) is 6.63. The van der Waals surface area contributed by atoms with Crippen molar-refractivity contribution in [2.45, 2.75) is 13.3 Å². The minimum Gasteiger partial charge on any atom is -0.397 e. The Kier molecular flexibility index (Phi) is 6.97. The van der Waals surface area contributed by atoms with E-state index in [1.165, 1.54) is 18.2 Å². The SMILES string of the molecule is CCN(CCOC)CCC(=O)Nc1ccc(F)cc1N. The summed E-state index contributed by atoms with van der Waals surface area (Å²) in [5.74, 6) is -0.559. The molecular formula is C14H22FN3O2. The van der Waals surface area contributed by atoms with Crippen molar-refractivity contribution in [3.63, 3.8) is 0 Å². The second kappa shape index (κ2) is 8.50. The number of nitrogen functional groups attached to an aromatic ring is 1. The predicted molar refractivity (Wildman–Crippen MR) is 78.0 cm³/mol. The number of rotatable bonds is 8. The molecule has 0 radical (unpaired) electrons. The number of hydrogen-bond acceptors (Lipinski definition) is 4. The molecule has 1 amide bonds. The quantitative estimate of drug-likeness (QED) is 0.713. The van der Waals surface area contributed by atoms with Crippen molar-refractivity contribution in [1.29, 1.82) is 0 Å². The third-order valence-corrected chi connectivity index (χ3v) is 3.00. The third kappa shape index (κ3) is 5.54. The van der Waals surface area contributed by atoms with E-state index < -0.39 is 5.82 Å². The molecule has 1 aromatic rings. The van der Waals surface area contributed by atoms with Crippen molar-refractivity contribution >= 4 is 17.3 Å². The van der Waals surface area contributed by atoms with Gasteiger partial charge in [0.25, 0.3) is 0 Å². The lowest BCUT2D eigenvalue weighted by Crippen LogP contribution is -2.30. The number of anilines is 2. The molecule has 1 rings (SSSR count). The average Bonchev–Trinajstić information content (AvgIpc) is 2.42. The summed E-state index contributed by atoms with van der Waals surface area (Å²) in [4.78, 5) is 13.9. The second-order valence-electron chi connectivity index (χ2n) is 4.46. The van der Waals surface area contributed by atoms with Crippen molar-refractivity contribution in [3.8, 4) is 0 Å². The van der Waals surface area contributed by atoms with Crippen LogP contribution in [-0.2, 0) is 9.53 Å². The van der Waals surface area contributed by atoms with Crippen LogP contribution in [0.2, 0.25) is 0 Å². The number of methoxy groups -OCH3 is 1. The maximum atomic E-state index is 12.9. The van der Waals surface area contributed by atoms with Gasteiger partial charge in [0.05, 0.1) is 18.0 Å². The minimum absolute atomic E-state index is 0.140. The Bertz CT molecular complexity index is 440. The van der Waals surface area contributed by atoms with Gasteiger partial charge in [-0.1, -0.05) is 6.92 Å². The Morgan fingerprint density at radius 1 is 1.45 bits per heavy atom. The van der Waals surface area contributed by atoms with Gasteiger partial charge in [-0.15, -0.1) is 0 Å². The number of benzene rings is 1. The summed E-state index contributed by atoms with van der Waals surface area (Å²) in [6.45, 7) is 4.97. The van der Waals surface area contributed by atoms with Crippen LogP contribution in [0.3, 0.4) is 0 Å². The van der Waals surface area contributed by atoms with Crippen molar-refractivity contribution in [3.05, 3.63) is 24.0 Å². The molecule has 20 heavy (non-hydrogen) atoms. The number of nitrogens with zero attached hydrogens (tertiary/aromatic N) is 1. The Hall–Kier alpha value is -1.66. The molecular weight excluding hydrogens is 261 g/mol. The zero-order chi connectivity index (χ0) is 15.0. The summed E-state index contributed by atoms with van der Waals surface area (Å²) in [5.41, 5.74) is 6.30. The molecule has 0 aromatic heterocycles. The number of amides is 1. The number of nitrogens with one attached hydrogen (secondary N) is 1. The molecule has 0 unspecified atom stereocenters. The highest BCUT2D eigenvalue weighted by Crippen LogP contribution is 2.19. The predicted octanol–water partition coefficient (Wildman–Crippen LogP) is 1.70. The number of halogens is 1. The molecule has 0 aliphatic heterocycles. The van der Waals surface area contributed by atoms with E-state index in [1.807, 2.05) is 6.92 Å². The third-order valence-electron chi connectivity index (χ3n) is 3.00. The molecule has 0 saturated heterocycles. The van der Waals surface area contributed by atoms with E-state index in [0.717, 1.165) is 13.1 Å². The normalized spacial score (nSPS) is 10.8. The van der Waals surface area contributed by atoms with Crippen LogP contribution >= 0.6 is 0 Å². The van der Waals surface area contributed by atoms with Gasteiger partial charge in [-0.2, -0.15) is 0 Å². The van der Waals surface area contributed by atoms with Gasteiger partial charge in [-0.05, 0) is 24.7 Å². The van der Waals surface area contributed by atoms with Gasteiger partial charge in [0.15, 0.2) is 0 Å². The fraction of sp³-hybridized carbons (Fsp3) is 0.500. The summed E-state index contributed by atoms with van der Waals surface area (Å²) < 4.78 is 17.9. The van der Waals surface area contributed by atoms with Crippen molar-refractivity contribution in [1.82, 2.24) is 4.90 Å². The van der Waals surface area contributed by atoms with Gasteiger partial charge in [0, 0.05) is 26.6 Å². The lowest BCUT2D eigenvalue weighted by Gasteiger charge is -2.19. The number of carbonyl (C=O) groups is 1. The van der Waals surface area contributed by atoms with E-state index in [0.29, 0.717) is 25.3 Å². The van der Waals surface area contributed by atoms with Crippen LogP contribution in [-0.4, -0.2) is 44.2 Å². The van der Waals surface area contributed by atoms with Gasteiger partial charge in [-0.25, -0.2) is 4.39 Å². The van der Waals surface area contributed by atoms with Crippen LogP contribution in [0.5, 0.6) is 0 Å². The Labute approximate surface area is 118 Å². The van der Waals surface area contributed by atoms with E-state index in [9.17, 15) is 9.18 Å². The van der Waals surface area contributed by atoms with Gasteiger partial charge < -0.3 is 20.7 Å². The highest BCUT2D eigenvalue weighted by atomic mass is 19.1. The fourth-order valence-electron chi connectivity index (χ4n) is 1.77. The molecule has 0 atom stereocenters. The maximum absolute atomic E-state index is 12.9. The molecule has 0 spiro atoms. The molecule has 0 heterocycles. The number of carbonyl (C=O) groups excluding carboxylic acids is 1. The fourth-order valence-corrected chi connectivity index (χ4v) is 1.77. The first kappa shape index (κ1) is 16.4. The lowest BCUT2D eigenvalue weighted by atomic mass is 10.2. The lowest BCUT2D eigenvalue weighted by molar-refractivity contribution is -0.116. The number of nitrogens with two attached hydrogens (primary N) is 1. The van der Waals surface area contributed by atoms with Gasteiger partial charge in [0.1, 0.15) is 5.82 Å². The molecule has 0 aliphatic rings. The van der Waals surface area contributed by atoms with Crippen molar-refractivity contribution in [2.24, 2.45) is 0 Å². The Morgan fingerprint density at radius 3 is 2.80 bits per heavy atom. The van der Waals surface area contributed by atoms with E-state index in [2.05, 4.69) is 10.2 Å². The van der Waals surface area contributed by atoms with Gasteiger partial charge >= 0.3 is 0 Å². The van der Waals surface area contributed by atoms with Crippen LogP contribution in [0.4, 0.5) is 15.8 Å². The molecule has 1 aromatic carbocycles. The van der Waals surface area contributed by atoms with Crippen LogP contribution in [0, 0.1) is 5.82 Å². The minimum atomic E-state index is -0.419. The first-order chi connectivity index (χ1) is 9.56. The van der Waals surface area contributed by atoms with Crippen LogP contribution in [0.25, 0.3) is 0 Å². The van der Waals surface area contributed by atoms with Crippen molar-refractivity contribution < 1.29 is 13.9 Å². The standard InChI is InChI=1S/C14H22FN3O2/c1-3-18(8-9-20-2)7-6-14(19)17-13-5-4-11(15)10-12(13)16/h4-5,10H,3,6-9,16H2,1-2H3,(H,17,19). The van der Waals surface area contributed by atoms with Crippen LogP contribution < -0.4 is 11.1 Å².